The van der Waals surface area contributed by atoms with Crippen LogP contribution >= 0.6 is 11.6 Å². The highest BCUT2D eigenvalue weighted by atomic mass is 35.5. The van der Waals surface area contributed by atoms with E-state index in [1.165, 1.54) is 18.2 Å². The number of anilines is 2. The quantitative estimate of drug-likeness (QED) is 0.482. The maximum Gasteiger partial charge on any atom is 0.417 e. The summed E-state index contributed by atoms with van der Waals surface area (Å²) in [6.45, 7) is 0. The molecule has 1 heterocycles. The molecule has 0 saturated heterocycles. The summed E-state index contributed by atoms with van der Waals surface area (Å²) in [6, 6.07) is 5.42. The monoisotopic (exact) mass is 361 g/mol. The first-order valence-electron chi connectivity index (χ1n) is 6.12. The number of nitrogens with one attached hydrogen (secondary N) is 1. The smallest absolute Gasteiger partial charge is 0.417 e. The Kier molecular flexibility index (Phi) is 4.60. The third-order valence-corrected chi connectivity index (χ3v) is 3.10. The van der Waals surface area contributed by atoms with E-state index in [0.29, 0.717) is 6.07 Å². The van der Waals surface area contributed by atoms with Crippen molar-refractivity contribution in [3.05, 3.63) is 56.7 Å². The number of non-ortho nitro benzene ring substituents is 1. The van der Waals surface area contributed by atoms with Crippen LogP contribution in [-0.2, 0) is 6.18 Å². The van der Waals surface area contributed by atoms with Gasteiger partial charge in [-0.2, -0.15) is 13.2 Å². The molecule has 126 valence electrons. The number of alkyl halides is 3. The number of carbonyl (C=O) groups is 1. The van der Waals surface area contributed by atoms with Crippen molar-refractivity contribution >= 4 is 34.8 Å². The number of carboxylic acid groups (broad SMARTS) is 1. The number of aromatic carboxylic acids is 1. The van der Waals surface area contributed by atoms with Crippen LogP contribution in [0.15, 0.2) is 30.3 Å². The summed E-state index contributed by atoms with van der Waals surface area (Å²) >= 11 is 5.54. The predicted molar refractivity (Wildman–Crippen MR) is 77.6 cm³/mol. The van der Waals surface area contributed by atoms with Gasteiger partial charge < -0.3 is 10.4 Å². The lowest BCUT2D eigenvalue weighted by Gasteiger charge is -2.14. The lowest BCUT2D eigenvalue weighted by molar-refractivity contribution is -0.384. The van der Waals surface area contributed by atoms with E-state index in [4.69, 9.17) is 16.7 Å². The number of pyridine rings is 1. The van der Waals surface area contributed by atoms with Gasteiger partial charge in [-0.3, -0.25) is 10.1 Å². The average Bonchev–Trinajstić information content (AvgIpc) is 2.45. The minimum atomic E-state index is -4.97. The van der Waals surface area contributed by atoms with Gasteiger partial charge in [0.15, 0.2) is 0 Å². The molecule has 1 aromatic carbocycles. The summed E-state index contributed by atoms with van der Waals surface area (Å²) in [5.41, 5.74) is -2.86. The molecule has 0 atom stereocenters. The predicted octanol–water partition coefficient (Wildman–Crippen LogP) is 4.10. The van der Waals surface area contributed by atoms with Crippen LogP contribution in [0.5, 0.6) is 0 Å². The second kappa shape index (κ2) is 6.32. The Bertz CT molecular complexity index is 827. The molecule has 2 aromatic rings. The number of halogens is 4. The van der Waals surface area contributed by atoms with E-state index in [-0.39, 0.29) is 11.4 Å². The van der Waals surface area contributed by atoms with E-state index in [9.17, 15) is 28.1 Å². The Morgan fingerprint density at radius 3 is 2.54 bits per heavy atom. The van der Waals surface area contributed by atoms with Gasteiger partial charge in [0.05, 0.1) is 10.5 Å². The maximum atomic E-state index is 13.0. The van der Waals surface area contributed by atoms with Gasteiger partial charge in [-0.15, -0.1) is 0 Å². The molecule has 0 saturated carbocycles. The fourth-order valence-corrected chi connectivity index (χ4v) is 2.12. The molecule has 0 amide bonds. The Labute approximate surface area is 136 Å². The van der Waals surface area contributed by atoms with Gasteiger partial charge in [-0.25, -0.2) is 9.78 Å². The number of benzene rings is 1. The maximum absolute atomic E-state index is 13.0. The Morgan fingerprint density at radius 1 is 1.33 bits per heavy atom. The lowest BCUT2D eigenvalue weighted by Crippen LogP contribution is -2.15. The van der Waals surface area contributed by atoms with E-state index >= 15 is 0 Å². The molecule has 0 aliphatic carbocycles. The molecule has 11 heteroatoms. The molecule has 0 bridgehead atoms. The summed E-state index contributed by atoms with van der Waals surface area (Å²) in [7, 11) is 0. The van der Waals surface area contributed by atoms with Crippen molar-refractivity contribution in [3.63, 3.8) is 0 Å². The molecule has 0 fully saturated rings. The Morgan fingerprint density at radius 2 is 2.00 bits per heavy atom. The number of carboxylic acids is 1. The fourth-order valence-electron chi connectivity index (χ4n) is 1.85. The zero-order valence-electron chi connectivity index (χ0n) is 11.5. The van der Waals surface area contributed by atoms with Gasteiger partial charge >= 0.3 is 12.1 Å². The number of aromatic nitrogens is 1. The van der Waals surface area contributed by atoms with Crippen LogP contribution in [0.1, 0.15) is 15.9 Å². The largest absolute Gasteiger partial charge is 0.478 e. The molecule has 0 spiro atoms. The SMILES string of the molecule is O=C(O)c1c(C(F)(F)F)cc(Nc2cccc([N+](=O)[O-])c2)nc1Cl. The van der Waals surface area contributed by atoms with E-state index in [2.05, 4.69) is 10.3 Å². The van der Waals surface area contributed by atoms with Crippen LogP contribution in [0.4, 0.5) is 30.4 Å². The van der Waals surface area contributed by atoms with Gasteiger partial charge in [0.25, 0.3) is 5.69 Å². The van der Waals surface area contributed by atoms with Crippen LogP contribution in [0.3, 0.4) is 0 Å². The van der Waals surface area contributed by atoms with Gasteiger partial charge in [-0.1, -0.05) is 17.7 Å². The van der Waals surface area contributed by atoms with Gasteiger partial charge in [-0.05, 0) is 12.1 Å². The lowest BCUT2D eigenvalue weighted by atomic mass is 10.1. The van der Waals surface area contributed by atoms with Gasteiger partial charge in [0.2, 0.25) is 0 Å². The van der Waals surface area contributed by atoms with E-state index in [0.717, 1.165) is 6.07 Å². The van der Waals surface area contributed by atoms with Gasteiger partial charge in [0, 0.05) is 17.8 Å². The first-order valence-corrected chi connectivity index (χ1v) is 6.50. The number of nitrogens with zero attached hydrogens (tertiary/aromatic N) is 2. The minimum Gasteiger partial charge on any atom is -0.478 e. The van der Waals surface area contributed by atoms with Crippen molar-refractivity contribution in [3.8, 4) is 0 Å². The van der Waals surface area contributed by atoms with E-state index in [1.54, 1.807) is 0 Å². The standard InChI is InChI=1S/C13H7ClF3N3O4/c14-11-10(12(21)22)8(13(15,16)17)5-9(19-11)18-6-2-1-3-7(4-6)20(23)24/h1-5H,(H,18,19)(H,21,22). The summed E-state index contributed by atoms with van der Waals surface area (Å²) in [5, 5.41) is 21.1. The number of hydrogen-bond acceptors (Lipinski definition) is 5. The molecular weight excluding hydrogens is 355 g/mol. The zero-order chi connectivity index (χ0) is 18.1. The highest BCUT2D eigenvalue weighted by molar-refractivity contribution is 6.32. The van der Waals surface area contributed by atoms with Crippen LogP contribution < -0.4 is 5.32 Å². The molecule has 24 heavy (non-hydrogen) atoms. The van der Waals surface area contributed by atoms with Crippen molar-refractivity contribution < 1.29 is 28.0 Å². The summed E-state index contributed by atoms with van der Waals surface area (Å²) in [5.74, 6) is -2.28. The van der Waals surface area contributed by atoms with E-state index < -0.39 is 39.2 Å². The van der Waals surface area contributed by atoms with Crippen LogP contribution in [0.2, 0.25) is 5.15 Å². The van der Waals surface area contributed by atoms with Crippen molar-refractivity contribution in [2.45, 2.75) is 6.18 Å². The zero-order valence-corrected chi connectivity index (χ0v) is 12.2. The average molecular weight is 362 g/mol. The van der Waals surface area contributed by atoms with Crippen LogP contribution in [-0.4, -0.2) is 21.0 Å². The fraction of sp³-hybridized carbons (Fsp3) is 0.0769. The Hall–Kier alpha value is -2.88. The minimum absolute atomic E-state index is 0.0870. The summed E-state index contributed by atoms with van der Waals surface area (Å²) in [4.78, 5) is 24.5. The van der Waals surface area contributed by atoms with Crippen molar-refractivity contribution in [1.82, 2.24) is 4.98 Å². The number of nitro groups is 1. The highest BCUT2D eigenvalue weighted by Gasteiger charge is 2.37. The first kappa shape index (κ1) is 17.5. The normalized spacial score (nSPS) is 11.2. The second-order valence-electron chi connectivity index (χ2n) is 4.46. The summed E-state index contributed by atoms with van der Waals surface area (Å²) < 4.78 is 39.0. The molecule has 0 unspecified atom stereocenters. The third kappa shape index (κ3) is 3.71. The second-order valence-corrected chi connectivity index (χ2v) is 4.81. The van der Waals surface area contributed by atoms with Gasteiger partial charge in [0.1, 0.15) is 16.5 Å². The van der Waals surface area contributed by atoms with E-state index in [1.807, 2.05) is 0 Å². The molecule has 0 aliphatic rings. The molecule has 2 rings (SSSR count). The van der Waals surface area contributed by atoms with Crippen molar-refractivity contribution in [2.75, 3.05) is 5.32 Å². The first-order chi connectivity index (χ1) is 11.1. The number of nitro benzene ring substituents is 1. The third-order valence-electron chi connectivity index (χ3n) is 2.82. The summed E-state index contributed by atoms with van der Waals surface area (Å²) in [6.07, 6.45) is -4.97. The molecular formula is C13H7ClF3N3O4. The molecule has 2 N–H and O–H groups in total. The molecule has 0 radical (unpaired) electrons. The van der Waals surface area contributed by atoms with Crippen LogP contribution in [0, 0.1) is 10.1 Å². The highest BCUT2D eigenvalue weighted by Crippen LogP contribution is 2.36. The number of rotatable bonds is 4. The van der Waals surface area contributed by atoms with Crippen LogP contribution in [0.25, 0.3) is 0 Å². The molecule has 0 aliphatic heterocycles. The Balaban J connectivity index is 2.49. The molecule has 7 nitrogen and oxygen atoms in total. The molecule has 1 aromatic heterocycles. The van der Waals surface area contributed by atoms with Crippen molar-refractivity contribution in [1.29, 1.82) is 0 Å². The topological polar surface area (TPSA) is 105 Å². The number of hydrogen-bond donors (Lipinski definition) is 2. The van der Waals surface area contributed by atoms with Crippen molar-refractivity contribution in [2.24, 2.45) is 0 Å².